The Labute approximate surface area is 220 Å². The SMILES string of the molecule is Cc1c(-c2cc(Sc3ccc(F)cc3C#N)c3c(C#N)cnn3c2)cnn1[C@H]1CC[C@@](C)(N(C)C)CC1. The first-order valence-electron chi connectivity index (χ1n) is 12.2. The van der Waals surface area contributed by atoms with Crippen LogP contribution in [0.15, 0.2) is 52.6 Å². The van der Waals surface area contributed by atoms with Gasteiger partial charge >= 0.3 is 0 Å². The lowest BCUT2D eigenvalue weighted by atomic mass is 9.80. The van der Waals surface area contributed by atoms with E-state index in [-0.39, 0.29) is 11.1 Å². The Kier molecular flexibility index (Phi) is 6.53. The van der Waals surface area contributed by atoms with Crippen LogP contribution in [0.25, 0.3) is 16.6 Å². The van der Waals surface area contributed by atoms with Crippen LogP contribution in [0.4, 0.5) is 4.39 Å². The molecule has 9 heteroatoms. The molecule has 0 amide bonds. The largest absolute Gasteiger partial charge is 0.304 e. The van der Waals surface area contributed by atoms with Crippen molar-refractivity contribution in [3.63, 3.8) is 0 Å². The summed E-state index contributed by atoms with van der Waals surface area (Å²) in [5.74, 6) is -0.460. The monoisotopic (exact) mass is 513 g/mol. The summed E-state index contributed by atoms with van der Waals surface area (Å²) in [7, 11) is 4.31. The van der Waals surface area contributed by atoms with Gasteiger partial charge in [0, 0.05) is 38.3 Å². The number of nitrogens with zero attached hydrogens (tertiary/aromatic N) is 7. The van der Waals surface area contributed by atoms with E-state index >= 15 is 0 Å². The minimum atomic E-state index is -0.460. The lowest BCUT2D eigenvalue weighted by molar-refractivity contribution is 0.0961. The van der Waals surface area contributed by atoms with Crippen LogP contribution in [0.5, 0.6) is 0 Å². The predicted octanol–water partition coefficient (Wildman–Crippen LogP) is 5.98. The topological polar surface area (TPSA) is 85.9 Å². The van der Waals surface area contributed by atoms with E-state index in [1.54, 1.807) is 16.8 Å². The smallest absolute Gasteiger partial charge is 0.124 e. The fourth-order valence-electron chi connectivity index (χ4n) is 5.18. The van der Waals surface area contributed by atoms with Crippen molar-refractivity contribution in [3.05, 3.63) is 65.5 Å². The first-order valence-corrected chi connectivity index (χ1v) is 13.1. The average molecular weight is 514 g/mol. The Morgan fingerprint density at radius 2 is 1.78 bits per heavy atom. The number of fused-ring (bicyclic) bond motifs is 1. The van der Waals surface area contributed by atoms with Crippen molar-refractivity contribution in [1.82, 2.24) is 24.3 Å². The van der Waals surface area contributed by atoms with Gasteiger partial charge in [-0.15, -0.1) is 0 Å². The fraction of sp³-hybridized carbons (Fsp3) is 0.357. The van der Waals surface area contributed by atoms with Gasteiger partial charge in [-0.05, 0) is 77.9 Å². The highest BCUT2D eigenvalue weighted by molar-refractivity contribution is 7.99. The zero-order valence-corrected chi connectivity index (χ0v) is 22.2. The zero-order chi connectivity index (χ0) is 26.3. The van der Waals surface area contributed by atoms with E-state index in [0.29, 0.717) is 22.0 Å². The van der Waals surface area contributed by atoms with Crippen molar-refractivity contribution >= 4 is 17.3 Å². The summed E-state index contributed by atoms with van der Waals surface area (Å²) < 4.78 is 17.6. The maximum Gasteiger partial charge on any atom is 0.124 e. The van der Waals surface area contributed by atoms with Crippen molar-refractivity contribution in [2.24, 2.45) is 0 Å². The summed E-state index contributed by atoms with van der Waals surface area (Å²) in [5, 5.41) is 28.4. The maximum atomic E-state index is 13.7. The summed E-state index contributed by atoms with van der Waals surface area (Å²) in [6.45, 7) is 4.42. The molecule has 4 aromatic rings. The predicted molar refractivity (Wildman–Crippen MR) is 141 cm³/mol. The summed E-state index contributed by atoms with van der Waals surface area (Å²) in [4.78, 5) is 3.71. The summed E-state index contributed by atoms with van der Waals surface area (Å²) in [6, 6.07) is 10.8. The molecule has 1 fully saturated rings. The first-order chi connectivity index (χ1) is 17.7. The van der Waals surface area contributed by atoms with Gasteiger partial charge in [0.1, 0.15) is 18.0 Å². The number of aromatic nitrogens is 4. The van der Waals surface area contributed by atoms with Gasteiger partial charge in [0.2, 0.25) is 0 Å². The van der Waals surface area contributed by atoms with Gasteiger partial charge in [-0.1, -0.05) is 11.8 Å². The van der Waals surface area contributed by atoms with Gasteiger partial charge < -0.3 is 4.90 Å². The van der Waals surface area contributed by atoms with Crippen molar-refractivity contribution in [1.29, 1.82) is 10.5 Å². The number of nitriles is 2. The molecule has 1 saturated carbocycles. The molecule has 7 nitrogen and oxygen atoms in total. The lowest BCUT2D eigenvalue weighted by Crippen LogP contribution is -2.44. The molecule has 0 spiro atoms. The summed E-state index contributed by atoms with van der Waals surface area (Å²) >= 11 is 1.33. The molecule has 0 radical (unpaired) electrons. The highest BCUT2D eigenvalue weighted by Gasteiger charge is 2.34. The van der Waals surface area contributed by atoms with Crippen molar-refractivity contribution < 1.29 is 4.39 Å². The molecule has 1 aliphatic carbocycles. The standard InChI is InChI=1S/C28H28FN7S/c1-18-24(16-33-36(18)23-7-9-28(2,10-8-23)34(3)4)20-12-26(27-21(14-31)15-32-35(27)17-20)37-25-6-5-22(29)11-19(25)13-30/h5-6,11-12,15-17,23H,7-10H2,1-4H3/t23-,28+. The Morgan fingerprint density at radius 1 is 1.05 bits per heavy atom. The third-order valence-electron chi connectivity index (χ3n) is 7.79. The van der Waals surface area contributed by atoms with Gasteiger partial charge in [-0.3, -0.25) is 4.68 Å². The van der Waals surface area contributed by atoms with Crippen LogP contribution in [0.2, 0.25) is 0 Å². The Morgan fingerprint density at radius 3 is 2.46 bits per heavy atom. The molecule has 3 heterocycles. The van der Waals surface area contributed by atoms with Crippen molar-refractivity contribution in [3.8, 4) is 23.3 Å². The number of rotatable bonds is 5. The highest BCUT2D eigenvalue weighted by atomic mass is 32.2. The quantitative estimate of drug-likeness (QED) is 0.327. The third kappa shape index (κ3) is 4.50. The number of halogens is 1. The van der Waals surface area contributed by atoms with Crippen LogP contribution in [-0.4, -0.2) is 43.9 Å². The van der Waals surface area contributed by atoms with Crippen LogP contribution in [0.3, 0.4) is 0 Å². The maximum absolute atomic E-state index is 13.7. The summed E-state index contributed by atoms with van der Waals surface area (Å²) in [5.41, 5.74) is 4.56. The molecule has 0 unspecified atom stereocenters. The third-order valence-corrected chi connectivity index (χ3v) is 8.90. The molecular weight excluding hydrogens is 485 g/mol. The van der Waals surface area contributed by atoms with E-state index in [1.165, 1.54) is 23.9 Å². The molecule has 0 atom stereocenters. The molecule has 37 heavy (non-hydrogen) atoms. The first kappa shape index (κ1) is 25.0. The van der Waals surface area contributed by atoms with Gasteiger partial charge in [0.15, 0.2) is 0 Å². The lowest BCUT2D eigenvalue weighted by Gasteiger charge is -2.42. The van der Waals surface area contributed by atoms with Crippen LogP contribution >= 0.6 is 11.8 Å². The molecule has 0 aliphatic heterocycles. The van der Waals surface area contributed by atoms with Crippen molar-refractivity contribution in [2.45, 2.75) is 60.9 Å². The van der Waals surface area contributed by atoms with Gasteiger partial charge in [-0.2, -0.15) is 20.7 Å². The second kappa shape index (κ2) is 9.66. The van der Waals surface area contributed by atoms with Gasteiger partial charge in [0.25, 0.3) is 0 Å². The van der Waals surface area contributed by atoms with E-state index in [9.17, 15) is 14.9 Å². The molecule has 0 bridgehead atoms. The minimum Gasteiger partial charge on any atom is -0.304 e. The Bertz CT molecular complexity index is 1560. The molecule has 5 rings (SSSR count). The molecule has 1 aromatic carbocycles. The van der Waals surface area contributed by atoms with E-state index in [0.717, 1.165) is 47.4 Å². The van der Waals surface area contributed by atoms with Crippen LogP contribution in [0, 0.1) is 35.4 Å². The second-order valence-electron chi connectivity index (χ2n) is 10.1. The zero-order valence-electron chi connectivity index (χ0n) is 21.4. The van der Waals surface area contributed by atoms with Crippen molar-refractivity contribution in [2.75, 3.05) is 14.1 Å². The fourth-order valence-corrected chi connectivity index (χ4v) is 6.25. The van der Waals surface area contributed by atoms with E-state index in [4.69, 9.17) is 5.10 Å². The number of hydrogen-bond donors (Lipinski definition) is 0. The number of benzene rings is 1. The minimum absolute atomic E-state index is 0.221. The normalized spacial score (nSPS) is 19.7. The molecule has 188 valence electrons. The molecule has 0 N–H and O–H groups in total. The number of pyridine rings is 1. The second-order valence-corrected chi connectivity index (χ2v) is 11.2. The Balaban J connectivity index is 1.54. The van der Waals surface area contributed by atoms with Gasteiger partial charge in [-0.25, -0.2) is 8.91 Å². The molecule has 0 saturated heterocycles. The van der Waals surface area contributed by atoms with Crippen LogP contribution in [0.1, 0.15) is 55.5 Å². The average Bonchev–Trinajstić information content (AvgIpc) is 3.48. The van der Waals surface area contributed by atoms with E-state index in [1.807, 2.05) is 18.5 Å². The molecule has 1 aliphatic rings. The molecular formula is C28H28FN7S. The van der Waals surface area contributed by atoms with Gasteiger partial charge in [0.05, 0.1) is 35.1 Å². The van der Waals surface area contributed by atoms with Crippen LogP contribution < -0.4 is 0 Å². The van der Waals surface area contributed by atoms with E-state index in [2.05, 4.69) is 54.8 Å². The Hall–Kier alpha value is -3.66. The highest BCUT2D eigenvalue weighted by Crippen LogP contribution is 2.40. The molecule has 3 aromatic heterocycles. The summed E-state index contributed by atoms with van der Waals surface area (Å²) in [6.07, 6.45) is 9.74. The number of hydrogen-bond acceptors (Lipinski definition) is 6. The van der Waals surface area contributed by atoms with Crippen LogP contribution in [-0.2, 0) is 0 Å². The van der Waals surface area contributed by atoms with E-state index < -0.39 is 5.82 Å².